The Balaban J connectivity index is 0.00000144. The van der Waals surface area contributed by atoms with Crippen LogP contribution in [0.1, 0.15) is 17.3 Å². The van der Waals surface area contributed by atoms with Crippen molar-refractivity contribution < 1.29 is 34.1 Å². The van der Waals surface area contributed by atoms with Crippen LogP contribution in [0.3, 0.4) is 0 Å². The number of hydrogen-bond donors (Lipinski definition) is 1. The summed E-state index contributed by atoms with van der Waals surface area (Å²) in [4.78, 5) is 10.4. The molecule has 0 aliphatic rings. The van der Waals surface area contributed by atoms with Crippen LogP contribution in [0.5, 0.6) is 5.75 Å². The monoisotopic (exact) mass is 230 g/mol. The van der Waals surface area contributed by atoms with E-state index < -0.39 is 5.97 Å². The first kappa shape index (κ1) is 12.1. The molecule has 4 heteroatoms. The van der Waals surface area contributed by atoms with E-state index in [4.69, 9.17) is 9.84 Å². The van der Waals surface area contributed by atoms with Crippen molar-refractivity contribution in [2.75, 3.05) is 6.61 Å². The van der Waals surface area contributed by atoms with Gasteiger partial charge < -0.3 is 9.84 Å². The van der Waals surface area contributed by atoms with E-state index in [0.29, 0.717) is 12.4 Å². The molecule has 0 radical (unpaired) electrons. The maximum atomic E-state index is 10.4. The van der Waals surface area contributed by atoms with Crippen molar-refractivity contribution >= 4 is 5.97 Å². The van der Waals surface area contributed by atoms with E-state index in [-0.39, 0.29) is 25.0 Å². The number of carbonyl (C=O) groups is 1. The predicted molar refractivity (Wildman–Crippen MR) is 44.6 cm³/mol. The van der Waals surface area contributed by atoms with Crippen molar-refractivity contribution in [2.24, 2.45) is 0 Å². The third-order valence-electron chi connectivity index (χ3n) is 1.41. The molecule has 0 saturated carbocycles. The molecule has 0 unspecified atom stereocenters. The van der Waals surface area contributed by atoms with Crippen LogP contribution in [0.2, 0.25) is 0 Å². The van der Waals surface area contributed by atoms with Gasteiger partial charge in [-0.3, -0.25) is 0 Å². The number of ether oxygens (including phenoxy) is 1. The molecule has 0 aliphatic carbocycles. The zero-order chi connectivity index (χ0) is 8.97. The first-order valence-corrected chi connectivity index (χ1v) is 3.70. The number of carboxylic acid groups (broad SMARTS) is 1. The fraction of sp³-hybridized carbons (Fsp3) is 0.222. The van der Waals surface area contributed by atoms with Gasteiger partial charge in [0, 0.05) is 19.5 Å². The van der Waals surface area contributed by atoms with Gasteiger partial charge in [0.25, 0.3) is 0 Å². The molecule has 0 fully saturated rings. The molecule has 13 heavy (non-hydrogen) atoms. The fourth-order valence-corrected chi connectivity index (χ4v) is 0.860. The molecular formula is C9H10O3Zn. The summed E-state index contributed by atoms with van der Waals surface area (Å²) in [5, 5.41) is 8.56. The molecule has 66 valence electrons. The Labute approximate surface area is 89.5 Å². The number of benzene rings is 1. The molecule has 0 spiro atoms. The van der Waals surface area contributed by atoms with Gasteiger partial charge in [0.2, 0.25) is 0 Å². The van der Waals surface area contributed by atoms with Crippen LogP contribution in [0, 0.1) is 0 Å². The van der Waals surface area contributed by atoms with Gasteiger partial charge in [0.1, 0.15) is 5.75 Å². The van der Waals surface area contributed by atoms with E-state index >= 15 is 0 Å². The maximum Gasteiger partial charge on any atom is 0.335 e. The molecular weight excluding hydrogens is 221 g/mol. The molecule has 1 rings (SSSR count). The number of rotatable bonds is 3. The van der Waals surface area contributed by atoms with Gasteiger partial charge in [-0.25, -0.2) is 4.79 Å². The molecule has 0 amide bonds. The fourth-order valence-electron chi connectivity index (χ4n) is 0.860. The zero-order valence-electron chi connectivity index (χ0n) is 7.49. The minimum absolute atomic E-state index is 0. The van der Waals surface area contributed by atoms with Gasteiger partial charge in [-0.2, -0.15) is 0 Å². The van der Waals surface area contributed by atoms with Crippen LogP contribution >= 0.6 is 0 Å². The summed E-state index contributed by atoms with van der Waals surface area (Å²) < 4.78 is 5.15. The van der Waals surface area contributed by atoms with E-state index in [1.165, 1.54) is 12.1 Å². The molecule has 0 atom stereocenters. The van der Waals surface area contributed by atoms with Gasteiger partial charge in [-0.1, -0.05) is 0 Å². The summed E-state index contributed by atoms with van der Waals surface area (Å²) in [5.41, 5.74) is 0.276. The van der Waals surface area contributed by atoms with E-state index in [2.05, 4.69) is 0 Å². The molecule has 0 aliphatic heterocycles. The van der Waals surface area contributed by atoms with Crippen LogP contribution in [0.25, 0.3) is 0 Å². The van der Waals surface area contributed by atoms with Crippen LogP contribution in [-0.2, 0) is 19.5 Å². The maximum absolute atomic E-state index is 10.4. The normalized spacial score (nSPS) is 8.69. The number of aromatic carboxylic acids is 1. The van der Waals surface area contributed by atoms with E-state index in [1.54, 1.807) is 12.1 Å². The smallest absolute Gasteiger partial charge is 0.335 e. The summed E-state index contributed by atoms with van der Waals surface area (Å²) >= 11 is 0. The largest absolute Gasteiger partial charge is 0.494 e. The zero-order valence-corrected chi connectivity index (χ0v) is 10.5. The van der Waals surface area contributed by atoms with Crippen LogP contribution in [0.15, 0.2) is 24.3 Å². The van der Waals surface area contributed by atoms with E-state index in [0.717, 1.165) is 0 Å². The molecule has 0 saturated heterocycles. The third kappa shape index (κ3) is 3.55. The molecule has 3 nitrogen and oxygen atoms in total. The van der Waals surface area contributed by atoms with Crippen molar-refractivity contribution in [2.45, 2.75) is 6.92 Å². The van der Waals surface area contributed by atoms with E-state index in [1.807, 2.05) is 6.92 Å². The first-order chi connectivity index (χ1) is 5.74. The summed E-state index contributed by atoms with van der Waals surface area (Å²) in [5.74, 6) is -0.222. The Morgan fingerprint density at radius 1 is 1.38 bits per heavy atom. The Morgan fingerprint density at radius 3 is 2.31 bits per heavy atom. The summed E-state index contributed by atoms with van der Waals surface area (Å²) in [6.07, 6.45) is 0. The molecule has 1 aromatic carbocycles. The Bertz CT molecular complexity index is 269. The summed E-state index contributed by atoms with van der Waals surface area (Å²) in [7, 11) is 0. The standard InChI is InChI=1S/C9H10O3.Zn/c1-2-12-8-5-3-7(4-6-8)9(10)11;/h3-6H,2H2,1H3,(H,10,11);. The van der Waals surface area contributed by atoms with Gasteiger partial charge in [0.05, 0.1) is 12.2 Å². The first-order valence-electron chi connectivity index (χ1n) is 3.70. The molecule has 1 N–H and O–H groups in total. The van der Waals surface area contributed by atoms with Gasteiger partial charge in [-0.15, -0.1) is 0 Å². The second-order valence-electron chi connectivity index (χ2n) is 2.26. The van der Waals surface area contributed by atoms with Crippen molar-refractivity contribution in [3.63, 3.8) is 0 Å². The topological polar surface area (TPSA) is 46.5 Å². The summed E-state index contributed by atoms with van der Waals surface area (Å²) in [6, 6.07) is 6.33. The molecule has 0 bridgehead atoms. The van der Waals surface area contributed by atoms with Crippen LogP contribution in [0.4, 0.5) is 0 Å². The Kier molecular flexibility index (Phi) is 5.32. The average molecular weight is 232 g/mol. The molecule has 1 aromatic rings. The molecule has 0 heterocycles. The quantitative estimate of drug-likeness (QED) is 0.807. The minimum Gasteiger partial charge on any atom is -0.494 e. The van der Waals surface area contributed by atoms with Gasteiger partial charge in [-0.05, 0) is 31.2 Å². The Morgan fingerprint density at radius 2 is 1.92 bits per heavy atom. The third-order valence-corrected chi connectivity index (χ3v) is 1.41. The second kappa shape index (κ2) is 5.71. The van der Waals surface area contributed by atoms with Crippen molar-refractivity contribution in [3.05, 3.63) is 29.8 Å². The van der Waals surface area contributed by atoms with Crippen molar-refractivity contribution in [1.82, 2.24) is 0 Å². The average Bonchev–Trinajstić information content (AvgIpc) is 2.06. The second-order valence-corrected chi connectivity index (χ2v) is 2.26. The van der Waals surface area contributed by atoms with Gasteiger partial charge in [0.15, 0.2) is 0 Å². The summed E-state index contributed by atoms with van der Waals surface area (Å²) in [6.45, 7) is 2.47. The van der Waals surface area contributed by atoms with Crippen LogP contribution < -0.4 is 4.74 Å². The SMILES string of the molecule is CCOc1ccc(C(=O)O)cc1.[Zn]. The number of hydrogen-bond acceptors (Lipinski definition) is 2. The van der Waals surface area contributed by atoms with E-state index in [9.17, 15) is 4.79 Å². The van der Waals surface area contributed by atoms with Crippen molar-refractivity contribution in [3.8, 4) is 5.75 Å². The predicted octanol–water partition coefficient (Wildman–Crippen LogP) is 1.78. The minimum atomic E-state index is -0.918. The Hall–Kier alpha value is -0.887. The number of carboxylic acids is 1. The van der Waals surface area contributed by atoms with Crippen molar-refractivity contribution in [1.29, 1.82) is 0 Å². The molecule has 0 aromatic heterocycles. The van der Waals surface area contributed by atoms with Gasteiger partial charge >= 0.3 is 5.97 Å². The van der Waals surface area contributed by atoms with Crippen LogP contribution in [-0.4, -0.2) is 17.7 Å².